The standard InChI is InChI=1S/C15H24N4/c1-12(2)11-19(9-5-7-16)15(13(3)17)14-6-4-8-18-10-14/h4,6,8,10,12-13,15H,5,9,11,17H2,1-3H3. The Bertz CT molecular complexity index is 394. The van der Waals surface area contributed by atoms with Crippen molar-refractivity contribution in [3.8, 4) is 6.07 Å². The molecule has 19 heavy (non-hydrogen) atoms. The zero-order valence-corrected chi connectivity index (χ0v) is 12.1. The highest BCUT2D eigenvalue weighted by Crippen LogP contribution is 2.24. The molecule has 0 aliphatic carbocycles. The minimum atomic E-state index is 0.00152. The molecule has 0 saturated heterocycles. The van der Waals surface area contributed by atoms with Gasteiger partial charge in [0.05, 0.1) is 12.1 Å². The first-order valence-corrected chi connectivity index (χ1v) is 6.82. The van der Waals surface area contributed by atoms with Crippen LogP contribution >= 0.6 is 0 Å². The van der Waals surface area contributed by atoms with Crippen molar-refractivity contribution < 1.29 is 0 Å². The van der Waals surface area contributed by atoms with E-state index in [0.29, 0.717) is 12.3 Å². The van der Waals surface area contributed by atoms with Gasteiger partial charge in [-0.1, -0.05) is 19.9 Å². The summed E-state index contributed by atoms with van der Waals surface area (Å²) in [5.74, 6) is 0.539. The van der Waals surface area contributed by atoms with E-state index in [9.17, 15) is 0 Å². The molecular formula is C15H24N4. The fourth-order valence-electron chi connectivity index (χ4n) is 2.40. The fraction of sp³-hybridized carbons (Fsp3) is 0.600. The second kappa shape index (κ2) is 7.88. The summed E-state index contributed by atoms with van der Waals surface area (Å²) in [5, 5.41) is 8.82. The van der Waals surface area contributed by atoms with Crippen LogP contribution in [0.3, 0.4) is 0 Å². The molecule has 0 fully saturated rings. The van der Waals surface area contributed by atoms with Crippen molar-refractivity contribution in [2.75, 3.05) is 13.1 Å². The predicted octanol–water partition coefficient (Wildman–Crippen LogP) is 2.34. The maximum absolute atomic E-state index is 8.82. The van der Waals surface area contributed by atoms with Crippen LogP contribution in [-0.4, -0.2) is 29.0 Å². The molecule has 4 nitrogen and oxygen atoms in total. The highest BCUT2D eigenvalue weighted by molar-refractivity contribution is 5.16. The number of nitriles is 1. The van der Waals surface area contributed by atoms with Gasteiger partial charge in [0.25, 0.3) is 0 Å². The quantitative estimate of drug-likeness (QED) is 0.817. The molecule has 0 aromatic carbocycles. The second-order valence-electron chi connectivity index (χ2n) is 5.39. The number of hydrogen-bond acceptors (Lipinski definition) is 4. The molecule has 0 spiro atoms. The highest BCUT2D eigenvalue weighted by Gasteiger charge is 2.24. The van der Waals surface area contributed by atoms with Gasteiger partial charge in [-0.05, 0) is 24.5 Å². The molecule has 2 unspecified atom stereocenters. The number of pyridine rings is 1. The van der Waals surface area contributed by atoms with Crippen LogP contribution in [0.15, 0.2) is 24.5 Å². The molecule has 2 N–H and O–H groups in total. The van der Waals surface area contributed by atoms with Crippen LogP contribution in [-0.2, 0) is 0 Å². The van der Waals surface area contributed by atoms with E-state index in [1.807, 2.05) is 19.2 Å². The first-order valence-electron chi connectivity index (χ1n) is 6.82. The number of rotatable bonds is 7. The molecule has 4 heteroatoms. The number of nitrogens with two attached hydrogens (primary N) is 1. The number of hydrogen-bond donors (Lipinski definition) is 1. The minimum absolute atomic E-state index is 0.00152. The molecule has 0 aliphatic heterocycles. The normalized spacial score (nSPS) is 14.4. The summed E-state index contributed by atoms with van der Waals surface area (Å²) in [6, 6.07) is 6.32. The van der Waals surface area contributed by atoms with Crippen LogP contribution in [0.25, 0.3) is 0 Å². The van der Waals surface area contributed by atoms with Crippen molar-refractivity contribution in [3.05, 3.63) is 30.1 Å². The molecule has 1 aromatic heterocycles. The summed E-state index contributed by atoms with van der Waals surface area (Å²) >= 11 is 0. The Hall–Kier alpha value is -1.44. The maximum atomic E-state index is 8.82. The molecule has 1 aromatic rings. The lowest BCUT2D eigenvalue weighted by Gasteiger charge is -2.35. The van der Waals surface area contributed by atoms with Crippen molar-refractivity contribution in [1.82, 2.24) is 9.88 Å². The van der Waals surface area contributed by atoms with Crippen LogP contribution in [0.4, 0.5) is 0 Å². The first-order chi connectivity index (χ1) is 9.06. The summed E-state index contributed by atoms with van der Waals surface area (Å²) in [6.45, 7) is 8.05. The van der Waals surface area contributed by atoms with Gasteiger partial charge in [-0.2, -0.15) is 5.26 Å². The van der Waals surface area contributed by atoms with E-state index in [4.69, 9.17) is 11.0 Å². The Balaban J connectivity index is 2.95. The van der Waals surface area contributed by atoms with Gasteiger partial charge >= 0.3 is 0 Å². The van der Waals surface area contributed by atoms with Gasteiger partial charge in [0.1, 0.15) is 0 Å². The van der Waals surface area contributed by atoms with Gasteiger partial charge in [0.15, 0.2) is 0 Å². The molecule has 104 valence electrons. The van der Waals surface area contributed by atoms with Crippen LogP contribution < -0.4 is 5.73 Å². The van der Waals surface area contributed by atoms with Gasteiger partial charge in [-0.3, -0.25) is 9.88 Å². The number of aromatic nitrogens is 1. The van der Waals surface area contributed by atoms with Crippen molar-refractivity contribution in [1.29, 1.82) is 5.26 Å². The average molecular weight is 260 g/mol. The average Bonchev–Trinajstić information content (AvgIpc) is 2.36. The second-order valence-corrected chi connectivity index (χ2v) is 5.39. The zero-order chi connectivity index (χ0) is 14.3. The van der Waals surface area contributed by atoms with Crippen LogP contribution in [0, 0.1) is 17.2 Å². The van der Waals surface area contributed by atoms with Gasteiger partial charge in [-0.25, -0.2) is 0 Å². The van der Waals surface area contributed by atoms with Crippen molar-refractivity contribution in [2.45, 2.75) is 39.3 Å². The Labute approximate surface area is 116 Å². The Morgan fingerprint density at radius 2 is 2.16 bits per heavy atom. The molecule has 0 radical (unpaired) electrons. The van der Waals surface area contributed by atoms with E-state index in [-0.39, 0.29) is 12.1 Å². The molecule has 0 aliphatic rings. The molecular weight excluding hydrogens is 236 g/mol. The largest absolute Gasteiger partial charge is 0.326 e. The van der Waals surface area contributed by atoms with Crippen LogP contribution in [0.5, 0.6) is 0 Å². The van der Waals surface area contributed by atoms with Crippen molar-refractivity contribution in [3.63, 3.8) is 0 Å². The van der Waals surface area contributed by atoms with Crippen LogP contribution in [0.1, 0.15) is 38.8 Å². The van der Waals surface area contributed by atoms with E-state index in [1.54, 1.807) is 6.20 Å². The lowest BCUT2D eigenvalue weighted by Crippen LogP contribution is -2.41. The van der Waals surface area contributed by atoms with Crippen LogP contribution in [0.2, 0.25) is 0 Å². The van der Waals surface area contributed by atoms with Crippen molar-refractivity contribution in [2.24, 2.45) is 11.7 Å². The maximum Gasteiger partial charge on any atom is 0.0635 e. The monoisotopic (exact) mass is 260 g/mol. The van der Waals surface area contributed by atoms with E-state index < -0.39 is 0 Å². The Morgan fingerprint density at radius 3 is 2.63 bits per heavy atom. The molecule has 1 heterocycles. The summed E-state index contributed by atoms with van der Waals surface area (Å²) < 4.78 is 0. The lowest BCUT2D eigenvalue weighted by atomic mass is 9.99. The summed E-state index contributed by atoms with van der Waals surface area (Å²) in [7, 11) is 0. The predicted molar refractivity (Wildman–Crippen MR) is 77.3 cm³/mol. The summed E-state index contributed by atoms with van der Waals surface area (Å²) in [5.41, 5.74) is 7.29. The highest BCUT2D eigenvalue weighted by atomic mass is 15.2. The minimum Gasteiger partial charge on any atom is -0.326 e. The summed E-state index contributed by atoms with van der Waals surface area (Å²) in [4.78, 5) is 6.48. The molecule has 0 saturated carbocycles. The third kappa shape index (κ3) is 4.98. The lowest BCUT2D eigenvalue weighted by molar-refractivity contribution is 0.160. The Morgan fingerprint density at radius 1 is 1.42 bits per heavy atom. The van der Waals surface area contributed by atoms with E-state index >= 15 is 0 Å². The van der Waals surface area contributed by atoms with E-state index in [0.717, 1.165) is 18.7 Å². The van der Waals surface area contributed by atoms with Gasteiger partial charge in [-0.15, -0.1) is 0 Å². The van der Waals surface area contributed by atoms with Crippen molar-refractivity contribution >= 4 is 0 Å². The Kier molecular flexibility index (Phi) is 6.48. The molecule has 2 atom stereocenters. The SMILES string of the molecule is CC(C)CN(CCC#N)C(c1cccnc1)C(C)N. The molecule has 1 rings (SSSR count). The third-order valence-corrected chi connectivity index (χ3v) is 3.03. The van der Waals surface area contributed by atoms with E-state index in [2.05, 4.69) is 35.9 Å². The molecule has 0 amide bonds. The molecule has 0 bridgehead atoms. The smallest absolute Gasteiger partial charge is 0.0635 e. The summed E-state index contributed by atoms with van der Waals surface area (Å²) in [6.07, 6.45) is 4.16. The van der Waals surface area contributed by atoms with Gasteiger partial charge < -0.3 is 5.73 Å². The van der Waals surface area contributed by atoms with Gasteiger partial charge in [0.2, 0.25) is 0 Å². The third-order valence-electron chi connectivity index (χ3n) is 3.03. The van der Waals surface area contributed by atoms with Gasteiger partial charge in [0, 0.05) is 37.9 Å². The fourth-order valence-corrected chi connectivity index (χ4v) is 2.40. The zero-order valence-electron chi connectivity index (χ0n) is 12.1. The number of nitrogens with zero attached hydrogens (tertiary/aromatic N) is 3. The first kappa shape index (κ1) is 15.6. The topological polar surface area (TPSA) is 65.9 Å². The van der Waals surface area contributed by atoms with E-state index in [1.165, 1.54) is 0 Å².